The van der Waals surface area contributed by atoms with Crippen LogP contribution in [0.25, 0.3) is 11.0 Å². The highest BCUT2D eigenvalue weighted by molar-refractivity contribution is 9.10. The van der Waals surface area contributed by atoms with E-state index >= 15 is 0 Å². The van der Waals surface area contributed by atoms with Crippen LogP contribution in [-0.4, -0.2) is 13.1 Å². The lowest BCUT2D eigenvalue weighted by Crippen LogP contribution is -2.19. The average Bonchev–Trinajstić information content (AvgIpc) is 2.60. The van der Waals surface area contributed by atoms with Crippen molar-refractivity contribution in [1.29, 1.82) is 0 Å². The van der Waals surface area contributed by atoms with Gasteiger partial charge < -0.3 is 13.9 Å². The Morgan fingerprint density at radius 2 is 1.74 bits per heavy atom. The molecule has 0 saturated heterocycles. The Hall–Kier alpha value is -2.60. The largest absolute Gasteiger partial charge is 0.493 e. The third-order valence-corrected chi connectivity index (χ3v) is 4.59. The van der Waals surface area contributed by atoms with Gasteiger partial charge in [0.1, 0.15) is 11.3 Å². The van der Waals surface area contributed by atoms with Crippen LogP contribution in [0.4, 0.5) is 0 Å². The molecule has 3 aromatic rings. The fraction of sp³-hybridized carbons (Fsp3) is 0.238. The van der Waals surface area contributed by atoms with Crippen molar-refractivity contribution in [3.63, 3.8) is 0 Å². The van der Waals surface area contributed by atoms with E-state index in [-0.39, 0.29) is 16.6 Å². The van der Waals surface area contributed by atoms with E-state index in [0.717, 1.165) is 10.0 Å². The summed E-state index contributed by atoms with van der Waals surface area (Å²) in [6.45, 7) is 6.29. The molecular weight excluding hydrogens is 412 g/mol. The van der Waals surface area contributed by atoms with Gasteiger partial charge in [0, 0.05) is 9.86 Å². The van der Waals surface area contributed by atoms with Gasteiger partial charge in [0.15, 0.2) is 11.3 Å². The zero-order valence-electron chi connectivity index (χ0n) is 15.5. The van der Waals surface area contributed by atoms with Crippen molar-refractivity contribution in [3.8, 4) is 11.5 Å². The maximum Gasteiger partial charge on any atom is 0.351 e. The van der Waals surface area contributed by atoms with Crippen molar-refractivity contribution < 1.29 is 18.7 Å². The van der Waals surface area contributed by atoms with E-state index in [1.807, 2.05) is 12.1 Å². The SMILES string of the molecule is COc1cc(Br)cc2cc(C(=O)Oc3ccc(C(C)(C)C)cc3)c(=O)oc12. The van der Waals surface area contributed by atoms with Gasteiger partial charge in [-0.15, -0.1) is 0 Å². The molecule has 0 aliphatic rings. The van der Waals surface area contributed by atoms with Crippen LogP contribution in [0.1, 0.15) is 36.7 Å². The quantitative estimate of drug-likeness (QED) is 0.329. The van der Waals surface area contributed by atoms with Gasteiger partial charge in [0.2, 0.25) is 0 Å². The topological polar surface area (TPSA) is 65.7 Å². The Morgan fingerprint density at radius 3 is 2.33 bits per heavy atom. The van der Waals surface area contributed by atoms with Gasteiger partial charge in [-0.1, -0.05) is 48.8 Å². The third-order valence-electron chi connectivity index (χ3n) is 4.13. The fourth-order valence-electron chi connectivity index (χ4n) is 2.65. The maximum atomic E-state index is 12.5. The molecule has 0 aliphatic carbocycles. The molecule has 1 aromatic heterocycles. The number of esters is 1. The number of fused-ring (bicyclic) bond motifs is 1. The summed E-state index contributed by atoms with van der Waals surface area (Å²) >= 11 is 3.36. The molecule has 0 unspecified atom stereocenters. The molecule has 3 rings (SSSR count). The Kier molecular flexibility index (Phi) is 5.11. The van der Waals surface area contributed by atoms with Gasteiger partial charge in [-0.05, 0) is 41.3 Å². The third kappa shape index (κ3) is 4.06. The Labute approximate surface area is 165 Å². The highest BCUT2D eigenvalue weighted by Gasteiger charge is 2.19. The highest BCUT2D eigenvalue weighted by Crippen LogP contribution is 2.30. The normalized spacial score (nSPS) is 11.4. The number of benzene rings is 2. The highest BCUT2D eigenvalue weighted by atomic mass is 79.9. The number of rotatable bonds is 3. The minimum atomic E-state index is -0.778. The minimum Gasteiger partial charge on any atom is -0.493 e. The minimum absolute atomic E-state index is 0.00556. The lowest BCUT2D eigenvalue weighted by atomic mass is 9.87. The molecule has 0 aliphatic heterocycles. The molecule has 0 radical (unpaired) electrons. The molecular formula is C21H19BrO5. The molecule has 0 spiro atoms. The number of halogens is 1. The van der Waals surface area contributed by atoms with Crippen LogP contribution >= 0.6 is 15.9 Å². The Balaban J connectivity index is 1.94. The number of methoxy groups -OCH3 is 1. The van der Waals surface area contributed by atoms with Crippen LogP contribution in [0.5, 0.6) is 11.5 Å². The van der Waals surface area contributed by atoms with E-state index in [1.54, 1.807) is 24.3 Å². The van der Waals surface area contributed by atoms with Gasteiger partial charge in [-0.2, -0.15) is 0 Å². The van der Waals surface area contributed by atoms with E-state index in [9.17, 15) is 9.59 Å². The smallest absolute Gasteiger partial charge is 0.351 e. The van der Waals surface area contributed by atoms with Crippen molar-refractivity contribution in [3.05, 3.63) is 68.5 Å². The summed E-state index contributed by atoms with van der Waals surface area (Å²) in [7, 11) is 1.48. The summed E-state index contributed by atoms with van der Waals surface area (Å²) in [5.41, 5.74) is 0.428. The second-order valence-electron chi connectivity index (χ2n) is 7.14. The maximum absolute atomic E-state index is 12.5. The molecule has 0 saturated carbocycles. The molecule has 0 bridgehead atoms. The molecule has 2 aromatic carbocycles. The number of hydrogen-bond acceptors (Lipinski definition) is 5. The first-order valence-electron chi connectivity index (χ1n) is 8.33. The van der Waals surface area contributed by atoms with E-state index in [1.165, 1.54) is 13.2 Å². The van der Waals surface area contributed by atoms with Gasteiger partial charge in [0.05, 0.1) is 7.11 Å². The van der Waals surface area contributed by atoms with Crippen molar-refractivity contribution in [2.24, 2.45) is 0 Å². The first-order chi connectivity index (χ1) is 12.7. The molecule has 5 nitrogen and oxygen atoms in total. The summed E-state index contributed by atoms with van der Waals surface area (Å²) in [6.07, 6.45) is 0. The Morgan fingerprint density at radius 1 is 1.07 bits per heavy atom. The predicted octanol–water partition coefficient (Wildman–Crippen LogP) is 5.08. The molecule has 0 fully saturated rings. The first kappa shape index (κ1) is 19.2. The summed E-state index contributed by atoms with van der Waals surface area (Å²) in [6, 6.07) is 12.1. The van der Waals surface area contributed by atoms with Crippen LogP contribution in [0, 0.1) is 0 Å². The van der Waals surface area contributed by atoms with Gasteiger partial charge in [-0.25, -0.2) is 9.59 Å². The van der Waals surface area contributed by atoms with Crippen LogP contribution in [0.15, 0.2) is 56.1 Å². The first-order valence-corrected chi connectivity index (χ1v) is 9.12. The predicted molar refractivity (Wildman–Crippen MR) is 107 cm³/mol. The number of carbonyl (C=O) groups is 1. The van der Waals surface area contributed by atoms with E-state index < -0.39 is 11.6 Å². The van der Waals surface area contributed by atoms with Crippen LogP contribution in [-0.2, 0) is 5.41 Å². The van der Waals surface area contributed by atoms with Gasteiger partial charge >= 0.3 is 11.6 Å². The average molecular weight is 431 g/mol. The van der Waals surface area contributed by atoms with Crippen molar-refractivity contribution in [2.75, 3.05) is 7.11 Å². The molecule has 1 heterocycles. The number of carbonyl (C=O) groups excluding carboxylic acids is 1. The zero-order valence-corrected chi connectivity index (χ0v) is 17.0. The summed E-state index contributed by atoms with van der Waals surface area (Å²) < 4.78 is 16.6. The van der Waals surface area contributed by atoms with Gasteiger partial charge in [0.25, 0.3) is 0 Å². The van der Waals surface area contributed by atoms with Crippen molar-refractivity contribution in [1.82, 2.24) is 0 Å². The second-order valence-corrected chi connectivity index (χ2v) is 8.05. The number of ether oxygens (including phenoxy) is 2. The number of hydrogen-bond donors (Lipinski definition) is 0. The van der Waals surface area contributed by atoms with Crippen molar-refractivity contribution >= 4 is 32.9 Å². The van der Waals surface area contributed by atoms with E-state index in [4.69, 9.17) is 13.9 Å². The van der Waals surface area contributed by atoms with E-state index in [0.29, 0.717) is 16.9 Å². The molecule has 6 heteroatoms. The fourth-order valence-corrected chi connectivity index (χ4v) is 3.10. The summed E-state index contributed by atoms with van der Waals surface area (Å²) in [4.78, 5) is 24.7. The van der Waals surface area contributed by atoms with Crippen molar-refractivity contribution in [2.45, 2.75) is 26.2 Å². The van der Waals surface area contributed by atoms with Crippen LogP contribution in [0.2, 0.25) is 0 Å². The molecule has 0 atom stereocenters. The van der Waals surface area contributed by atoms with Gasteiger partial charge in [-0.3, -0.25) is 0 Å². The Bertz CT molecular complexity index is 1060. The summed E-state index contributed by atoms with van der Waals surface area (Å²) in [5, 5.41) is 0.552. The molecule has 140 valence electrons. The summed E-state index contributed by atoms with van der Waals surface area (Å²) in [5.74, 6) is -0.0124. The van der Waals surface area contributed by atoms with Crippen LogP contribution < -0.4 is 15.1 Å². The molecule has 27 heavy (non-hydrogen) atoms. The second kappa shape index (κ2) is 7.19. The molecule has 0 N–H and O–H groups in total. The zero-order chi connectivity index (χ0) is 19.8. The standard InChI is InChI=1S/C21H19BrO5/c1-21(2,3)13-5-7-15(8-6-13)26-19(23)16-10-12-9-14(22)11-17(25-4)18(12)27-20(16)24/h5-11H,1-4H3. The molecule has 0 amide bonds. The lowest BCUT2D eigenvalue weighted by Gasteiger charge is -2.18. The van der Waals surface area contributed by atoms with E-state index in [2.05, 4.69) is 36.7 Å². The lowest BCUT2D eigenvalue weighted by molar-refractivity contribution is 0.0730. The van der Waals surface area contributed by atoms with Crippen LogP contribution in [0.3, 0.4) is 0 Å². The monoisotopic (exact) mass is 430 g/mol.